The van der Waals surface area contributed by atoms with Gasteiger partial charge in [-0.1, -0.05) is 23.7 Å². The second kappa shape index (κ2) is 18.8. The lowest BCUT2D eigenvalue weighted by Crippen LogP contribution is -2.45. The summed E-state index contributed by atoms with van der Waals surface area (Å²) in [6.07, 6.45) is 1.73. The molecule has 322 valence electrons. The summed E-state index contributed by atoms with van der Waals surface area (Å²) in [5.41, 5.74) is 0.188. The van der Waals surface area contributed by atoms with Gasteiger partial charge in [0.25, 0.3) is 0 Å². The molecule has 2 amide bonds. The van der Waals surface area contributed by atoms with E-state index in [-0.39, 0.29) is 53.1 Å². The molecule has 0 saturated heterocycles. The van der Waals surface area contributed by atoms with E-state index in [9.17, 15) is 22.8 Å². The lowest BCUT2D eigenvalue weighted by Gasteiger charge is -2.29. The number of hydrogen-bond acceptors (Lipinski definition) is 14. The third kappa shape index (κ3) is 11.4. The van der Waals surface area contributed by atoms with Gasteiger partial charge >= 0.3 is 22.3 Å². The number of halogens is 1. The van der Waals surface area contributed by atoms with Crippen LogP contribution < -0.4 is 29.3 Å². The van der Waals surface area contributed by atoms with Crippen LogP contribution in [0, 0.1) is 0 Å². The van der Waals surface area contributed by atoms with Gasteiger partial charge in [0.2, 0.25) is 11.0 Å². The van der Waals surface area contributed by atoms with Gasteiger partial charge in [-0.3, -0.25) is 14.5 Å². The average molecular weight is 885 g/mol. The topological polar surface area (TPSA) is 196 Å². The van der Waals surface area contributed by atoms with Crippen molar-refractivity contribution in [2.75, 3.05) is 41.8 Å². The number of benzene rings is 3. The van der Waals surface area contributed by atoms with Gasteiger partial charge in [0, 0.05) is 46.7 Å². The summed E-state index contributed by atoms with van der Waals surface area (Å²) < 4.78 is 56.8. The van der Waals surface area contributed by atoms with Crippen molar-refractivity contribution in [3.63, 3.8) is 0 Å². The minimum Gasteiger partial charge on any atom is -0.497 e. The van der Waals surface area contributed by atoms with Crippen LogP contribution in [0.2, 0.25) is 5.02 Å². The van der Waals surface area contributed by atoms with Crippen LogP contribution in [-0.2, 0) is 42.2 Å². The van der Waals surface area contributed by atoms with Crippen LogP contribution in [0.4, 0.5) is 21.3 Å². The molecule has 0 aliphatic heterocycles. The zero-order chi connectivity index (χ0) is 44.0. The number of nitrogens with one attached hydrogen (secondary N) is 2. The zero-order valence-electron chi connectivity index (χ0n) is 34.8. The Labute approximate surface area is 358 Å². The van der Waals surface area contributed by atoms with E-state index in [4.69, 9.17) is 30.5 Å². The predicted octanol–water partition coefficient (Wildman–Crippen LogP) is 6.60. The summed E-state index contributed by atoms with van der Waals surface area (Å²) in [5, 5.41) is 11.0. The number of aromatic nitrogens is 4. The van der Waals surface area contributed by atoms with Gasteiger partial charge < -0.3 is 29.6 Å². The number of esters is 1. The van der Waals surface area contributed by atoms with Gasteiger partial charge in [0.05, 0.1) is 50.3 Å². The smallest absolute Gasteiger partial charge is 0.414 e. The molecule has 0 bridgehead atoms. The third-order valence-electron chi connectivity index (χ3n) is 8.58. The molecule has 1 atom stereocenters. The van der Waals surface area contributed by atoms with Gasteiger partial charge in [-0.25, -0.2) is 14.1 Å². The van der Waals surface area contributed by atoms with Crippen LogP contribution in [0.5, 0.6) is 11.5 Å². The fourth-order valence-electron chi connectivity index (χ4n) is 5.88. The monoisotopic (exact) mass is 884 g/mol. The van der Waals surface area contributed by atoms with Crippen molar-refractivity contribution in [1.29, 1.82) is 0 Å². The molecule has 5 aromatic rings. The molecular weight excluding hydrogens is 836 g/mol. The molecule has 0 radical (unpaired) electrons. The van der Waals surface area contributed by atoms with Crippen molar-refractivity contribution in [2.24, 2.45) is 0 Å². The maximum absolute atomic E-state index is 14.4. The van der Waals surface area contributed by atoms with E-state index in [1.54, 1.807) is 97.0 Å². The van der Waals surface area contributed by atoms with E-state index in [0.29, 0.717) is 28.0 Å². The highest BCUT2D eigenvalue weighted by atomic mass is 35.5. The Hall–Kier alpha value is -5.50. The second-order valence-corrected chi connectivity index (χ2v) is 18.4. The number of fused-ring (bicyclic) bond motifs is 1. The highest BCUT2D eigenvalue weighted by molar-refractivity contribution is 7.91. The van der Waals surface area contributed by atoms with E-state index in [0.717, 1.165) is 19.9 Å². The molecule has 17 nitrogen and oxygen atoms in total. The van der Waals surface area contributed by atoms with Gasteiger partial charge in [-0.05, 0) is 90.4 Å². The minimum atomic E-state index is -4.44. The molecule has 2 aromatic heterocycles. The normalized spacial score (nSPS) is 12.4. The number of methoxy groups -OCH3 is 2. The Morgan fingerprint density at radius 1 is 0.950 bits per heavy atom. The maximum Gasteiger partial charge on any atom is 0.414 e. The summed E-state index contributed by atoms with van der Waals surface area (Å²) >= 11 is 7.33. The van der Waals surface area contributed by atoms with E-state index in [2.05, 4.69) is 25.1 Å². The number of nitrogens with zero attached hydrogens (tertiary/aromatic N) is 6. The predicted molar refractivity (Wildman–Crippen MR) is 230 cm³/mol. The Morgan fingerprint density at radius 3 is 2.33 bits per heavy atom. The first-order chi connectivity index (χ1) is 28.2. The van der Waals surface area contributed by atoms with Crippen molar-refractivity contribution in [3.8, 4) is 11.5 Å². The molecule has 0 aliphatic rings. The number of carbonyl (C=O) groups excluding carboxylic acids is 3. The number of anilines is 3. The van der Waals surface area contributed by atoms with Crippen molar-refractivity contribution in [2.45, 2.75) is 78.7 Å². The van der Waals surface area contributed by atoms with Crippen molar-refractivity contribution in [3.05, 3.63) is 83.3 Å². The number of ether oxygens (including phenoxy) is 4. The molecule has 0 spiro atoms. The maximum atomic E-state index is 14.4. The first kappa shape index (κ1) is 45.6. The summed E-state index contributed by atoms with van der Waals surface area (Å²) in [6, 6.07) is 13.9. The minimum absolute atomic E-state index is 0.0253. The van der Waals surface area contributed by atoms with Crippen LogP contribution in [0.3, 0.4) is 0 Å². The van der Waals surface area contributed by atoms with Gasteiger partial charge in [-0.15, -0.1) is 4.09 Å². The van der Waals surface area contributed by atoms with E-state index in [1.807, 2.05) is 0 Å². The quantitative estimate of drug-likeness (QED) is 0.101. The SMILES string of the molecule is COc1ccc(CN(c2ncns2)S(=O)(=O)n2ncc3c(CC(=O)Nc4ccc(Cl)cc4N(CCNC(C)C(=O)OC(C)(C)C)C(=O)OC(C)(C)C)cccc32)c(OC)c1. The first-order valence-corrected chi connectivity index (χ1v) is 21.3. The van der Waals surface area contributed by atoms with Crippen LogP contribution >= 0.6 is 23.1 Å². The summed E-state index contributed by atoms with van der Waals surface area (Å²) in [4.78, 5) is 45.6. The Kier molecular flexibility index (Phi) is 14.3. The molecule has 2 heterocycles. The van der Waals surface area contributed by atoms with Gasteiger partial charge in [0.15, 0.2) is 0 Å². The third-order valence-corrected chi connectivity index (χ3v) is 11.2. The van der Waals surface area contributed by atoms with E-state index in [1.165, 1.54) is 37.7 Å². The van der Waals surface area contributed by atoms with Crippen molar-refractivity contribution < 1.29 is 41.7 Å². The van der Waals surface area contributed by atoms with Gasteiger partial charge in [0.1, 0.15) is 35.1 Å². The number of amides is 2. The summed E-state index contributed by atoms with van der Waals surface area (Å²) in [6.45, 7) is 12.2. The Bertz CT molecular complexity index is 2430. The van der Waals surface area contributed by atoms with E-state index >= 15 is 0 Å². The molecule has 2 N–H and O–H groups in total. The first-order valence-electron chi connectivity index (χ1n) is 18.7. The highest BCUT2D eigenvalue weighted by Crippen LogP contribution is 2.33. The zero-order valence-corrected chi connectivity index (χ0v) is 37.2. The van der Waals surface area contributed by atoms with Crippen LogP contribution in [0.25, 0.3) is 10.9 Å². The Balaban J connectivity index is 1.41. The molecule has 0 saturated carbocycles. The van der Waals surface area contributed by atoms with Crippen molar-refractivity contribution >= 4 is 78.7 Å². The number of hydrogen-bond donors (Lipinski definition) is 2. The highest BCUT2D eigenvalue weighted by Gasteiger charge is 2.32. The molecule has 0 aliphatic carbocycles. The average Bonchev–Trinajstić information content (AvgIpc) is 3.87. The number of carbonyl (C=O) groups is 3. The standard InChI is InChI=1S/C40H49ClN8O9S2/c1-25(36(51)57-39(2,3)4)42-17-18-47(38(52)58-40(5,6)7)33-20-28(41)14-16-31(33)46-35(50)19-26-11-10-12-32-30(26)22-44-49(32)60(53,54)48(37-43-24-45-59-37)23-27-13-15-29(55-8)21-34(27)56-9/h10-16,20-22,24-25,42H,17-19,23H2,1-9H3,(H,46,50). The van der Waals surface area contributed by atoms with E-state index < -0.39 is 45.4 Å². The molecule has 20 heteroatoms. The largest absolute Gasteiger partial charge is 0.497 e. The molecule has 0 fully saturated rings. The molecule has 1 unspecified atom stereocenters. The number of rotatable bonds is 16. The fourth-order valence-corrected chi connectivity index (χ4v) is 8.17. The van der Waals surface area contributed by atoms with Crippen LogP contribution in [0.1, 0.15) is 59.6 Å². The molecule has 5 rings (SSSR count). The summed E-state index contributed by atoms with van der Waals surface area (Å²) in [5.74, 6) is -0.00402. The Morgan fingerprint density at radius 2 is 1.68 bits per heavy atom. The molecular formula is C40H49ClN8O9S2. The molecule has 60 heavy (non-hydrogen) atoms. The van der Waals surface area contributed by atoms with Gasteiger partial charge in [-0.2, -0.15) is 17.9 Å². The summed E-state index contributed by atoms with van der Waals surface area (Å²) in [7, 11) is -1.45. The van der Waals surface area contributed by atoms with Crippen LogP contribution in [0.15, 0.2) is 67.1 Å². The lowest BCUT2D eigenvalue weighted by molar-refractivity contribution is -0.156. The van der Waals surface area contributed by atoms with Crippen molar-refractivity contribution in [1.82, 2.24) is 23.9 Å². The lowest BCUT2D eigenvalue weighted by atomic mass is 10.1. The second-order valence-electron chi connectivity index (χ2n) is 15.5. The molecule has 3 aromatic carbocycles. The van der Waals surface area contributed by atoms with Crippen LogP contribution in [-0.4, -0.2) is 89.5 Å². The fraction of sp³-hybridized carbons (Fsp3) is 0.400.